The van der Waals surface area contributed by atoms with Gasteiger partial charge in [0.05, 0.1) is 11.1 Å². The van der Waals surface area contributed by atoms with Crippen LogP contribution in [0.25, 0.3) is 0 Å². The number of halogens is 1. The van der Waals surface area contributed by atoms with E-state index in [0.29, 0.717) is 33.6 Å². The summed E-state index contributed by atoms with van der Waals surface area (Å²) >= 11 is 8.70. The molecule has 2 aromatic carbocycles. The Morgan fingerprint density at radius 1 is 1.06 bits per heavy atom. The van der Waals surface area contributed by atoms with Crippen molar-refractivity contribution in [1.29, 1.82) is 0 Å². The number of nitrogens with one attached hydrogen (secondary N) is 2. The first kappa shape index (κ1) is 23.2. The summed E-state index contributed by atoms with van der Waals surface area (Å²) in [5, 5.41) is 5.82. The summed E-state index contributed by atoms with van der Waals surface area (Å²) in [6.45, 7) is 4.02. The van der Waals surface area contributed by atoms with Crippen molar-refractivity contribution in [3.8, 4) is 5.75 Å². The average molecular weight is 504 g/mol. The molecule has 6 nitrogen and oxygen atoms in total. The first-order chi connectivity index (χ1) is 15.0. The van der Waals surface area contributed by atoms with Crippen LogP contribution in [0.2, 0.25) is 0 Å². The van der Waals surface area contributed by atoms with Crippen LogP contribution in [-0.2, 0) is 0 Å². The van der Waals surface area contributed by atoms with Crippen LogP contribution in [0.1, 0.15) is 53.3 Å². The molecular formula is C23H26BrN3O3S. The Morgan fingerprint density at radius 2 is 1.81 bits per heavy atom. The van der Waals surface area contributed by atoms with E-state index in [0.717, 1.165) is 25.9 Å². The summed E-state index contributed by atoms with van der Waals surface area (Å²) in [5.41, 5.74) is 1.71. The molecule has 0 saturated carbocycles. The first-order valence-electron chi connectivity index (χ1n) is 10.4. The SMILES string of the molecule is CCOc1ccc(C(=O)NC(=S)Nc2cccc(C(=O)N3CCCCCC3)c2)cc1Br. The summed E-state index contributed by atoms with van der Waals surface area (Å²) in [7, 11) is 0. The van der Waals surface area contributed by atoms with Gasteiger partial charge in [-0.25, -0.2) is 0 Å². The lowest BCUT2D eigenvalue weighted by Gasteiger charge is -2.20. The normalized spacial score (nSPS) is 13.8. The van der Waals surface area contributed by atoms with Crippen LogP contribution in [0, 0.1) is 0 Å². The van der Waals surface area contributed by atoms with E-state index in [9.17, 15) is 9.59 Å². The van der Waals surface area contributed by atoms with Crippen LogP contribution >= 0.6 is 28.1 Å². The fourth-order valence-corrected chi connectivity index (χ4v) is 4.14. The number of thiocarbonyl (C=S) groups is 1. The van der Waals surface area contributed by atoms with Gasteiger partial charge in [0.1, 0.15) is 5.75 Å². The summed E-state index contributed by atoms with van der Waals surface area (Å²) in [6.07, 6.45) is 4.43. The number of likely N-dealkylation sites (tertiary alicyclic amines) is 1. The molecule has 1 aliphatic heterocycles. The number of hydrogen-bond acceptors (Lipinski definition) is 4. The maximum absolute atomic E-state index is 12.8. The zero-order valence-corrected chi connectivity index (χ0v) is 19.9. The fraction of sp³-hybridized carbons (Fsp3) is 0.348. The molecule has 0 aromatic heterocycles. The molecular weight excluding hydrogens is 478 g/mol. The van der Waals surface area contributed by atoms with Gasteiger partial charge >= 0.3 is 0 Å². The molecule has 8 heteroatoms. The third-order valence-corrected chi connectivity index (χ3v) is 5.81. The molecule has 0 unspecified atom stereocenters. The zero-order chi connectivity index (χ0) is 22.2. The van der Waals surface area contributed by atoms with Crippen molar-refractivity contribution >= 4 is 50.8 Å². The predicted molar refractivity (Wildman–Crippen MR) is 130 cm³/mol. The van der Waals surface area contributed by atoms with E-state index in [4.69, 9.17) is 17.0 Å². The molecule has 2 aromatic rings. The molecule has 1 saturated heterocycles. The number of carbonyl (C=O) groups is 2. The predicted octanol–water partition coefficient (Wildman–Crippen LogP) is 4.99. The van der Waals surface area contributed by atoms with Gasteiger partial charge < -0.3 is 15.0 Å². The largest absolute Gasteiger partial charge is 0.493 e. The summed E-state index contributed by atoms with van der Waals surface area (Å²) in [5.74, 6) is 0.364. The van der Waals surface area contributed by atoms with E-state index < -0.39 is 0 Å². The maximum Gasteiger partial charge on any atom is 0.257 e. The van der Waals surface area contributed by atoms with Gasteiger partial charge in [-0.15, -0.1) is 0 Å². The van der Waals surface area contributed by atoms with E-state index in [1.165, 1.54) is 12.8 Å². The molecule has 0 bridgehead atoms. The van der Waals surface area contributed by atoms with Gasteiger partial charge in [-0.1, -0.05) is 18.9 Å². The van der Waals surface area contributed by atoms with Crippen LogP contribution in [-0.4, -0.2) is 41.5 Å². The van der Waals surface area contributed by atoms with Gasteiger partial charge in [0.2, 0.25) is 0 Å². The monoisotopic (exact) mass is 503 g/mol. The highest BCUT2D eigenvalue weighted by Crippen LogP contribution is 2.26. The summed E-state index contributed by atoms with van der Waals surface area (Å²) in [6, 6.07) is 12.3. The van der Waals surface area contributed by atoms with Gasteiger partial charge in [-0.2, -0.15) is 0 Å². The lowest BCUT2D eigenvalue weighted by molar-refractivity contribution is 0.0761. The third-order valence-electron chi connectivity index (χ3n) is 4.98. The maximum atomic E-state index is 12.8. The van der Waals surface area contributed by atoms with E-state index in [1.54, 1.807) is 36.4 Å². The number of benzene rings is 2. The van der Waals surface area contributed by atoms with Crippen molar-refractivity contribution in [1.82, 2.24) is 10.2 Å². The van der Waals surface area contributed by atoms with Crippen LogP contribution in [0.5, 0.6) is 5.75 Å². The number of ether oxygens (including phenoxy) is 1. The molecule has 2 amide bonds. The zero-order valence-electron chi connectivity index (χ0n) is 17.4. The Balaban J connectivity index is 1.61. The van der Waals surface area contributed by atoms with Crippen LogP contribution in [0.3, 0.4) is 0 Å². The molecule has 0 spiro atoms. The van der Waals surface area contributed by atoms with Crippen LogP contribution in [0.4, 0.5) is 5.69 Å². The van der Waals surface area contributed by atoms with E-state index >= 15 is 0 Å². The number of amides is 2. The van der Waals surface area contributed by atoms with Gasteiger partial charge in [-0.05, 0) is 84.3 Å². The summed E-state index contributed by atoms with van der Waals surface area (Å²) in [4.78, 5) is 27.3. The van der Waals surface area contributed by atoms with E-state index in [2.05, 4.69) is 26.6 Å². The second-order valence-corrected chi connectivity index (χ2v) is 8.54. The highest BCUT2D eigenvalue weighted by atomic mass is 79.9. The Morgan fingerprint density at radius 3 is 2.48 bits per heavy atom. The number of carbonyl (C=O) groups excluding carboxylic acids is 2. The molecule has 0 atom stereocenters. The Bertz CT molecular complexity index is 959. The van der Waals surface area contributed by atoms with Crippen molar-refractivity contribution in [2.24, 2.45) is 0 Å². The highest BCUT2D eigenvalue weighted by molar-refractivity contribution is 9.10. The van der Waals surface area contributed by atoms with Crippen molar-refractivity contribution in [2.45, 2.75) is 32.6 Å². The van der Waals surface area contributed by atoms with Gasteiger partial charge in [0.15, 0.2) is 5.11 Å². The van der Waals surface area contributed by atoms with Crippen LogP contribution in [0.15, 0.2) is 46.9 Å². The first-order valence-corrected chi connectivity index (χ1v) is 11.6. The van der Waals surface area contributed by atoms with E-state index in [1.807, 2.05) is 17.9 Å². The lowest BCUT2D eigenvalue weighted by Crippen LogP contribution is -2.34. The quantitative estimate of drug-likeness (QED) is 0.562. The molecule has 2 N–H and O–H groups in total. The van der Waals surface area contributed by atoms with Gasteiger partial charge in [0, 0.05) is 29.9 Å². The number of hydrogen-bond donors (Lipinski definition) is 2. The van der Waals surface area contributed by atoms with Crippen LogP contribution < -0.4 is 15.4 Å². The molecule has 3 rings (SSSR count). The molecule has 1 aliphatic rings. The molecule has 31 heavy (non-hydrogen) atoms. The topological polar surface area (TPSA) is 70.7 Å². The second kappa shape index (κ2) is 11.2. The minimum absolute atomic E-state index is 0.0275. The minimum Gasteiger partial charge on any atom is -0.493 e. The third kappa shape index (κ3) is 6.51. The van der Waals surface area contributed by atoms with Gasteiger partial charge in [0.25, 0.3) is 11.8 Å². The standard InChI is InChI=1S/C23H26BrN3O3S/c1-2-30-20-11-10-16(15-19(20)24)21(28)26-23(31)25-18-9-7-8-17(14-18)22(29)27-12-5-3-4-6-13-27/h7-11,14-15H,2-6,12-13H2,1H3,(H2,25,26,28,31). The number of anilines is 1. The molecule has 0 radical (unpaired) electrons. The Labute approximate surface area is 196 Å². The smallest absolute Gasteiger partial charge is 0.257 e. The van der Waals surface area contributed by atoms with Crippen molar-refractivity contribution < 1.29 is 14.3 Å². The van der Waals surface area contributed by atoms with Crippen molar-refractivity contribution in [3.63, 3.8) is 0 Å². The van der Waals surface area contributed by atoms with Gasteiger partial charge in [-0.3, -0.25) is 14.9 Å². The molecule has 1 heterocycles. The number of rotatable bonds is 5. The second-order valence-electron chi connectivity index (χ2n) is 7.27. The summed E-state index contributed by atoms with van der Waals surface area (Å²) < 4.78 is 6.16. The van der Waals surface area contributed by atoms with Crippen molar-refractivity contribution in [2.75, 3.05) is 25.0 Å². The highest BCUT2D eigenvalue weighted by Gasteiger charge is 2.18. The minimum atomic E-state index is -0.335. The molecule has 164 valence electrons. The lowest BCUT2D eigenvalue weighted by atomic mass is 10.1. The fourth-order valence-electron chi connectivity index (χ4n) is 3.44. The Kier molecular flexibility index (Phi) is 8.43. The molecule has 0 aliphatic carbocycles. The van der Waals surface area contributed by atoms with E-state index in [-0.39, 0.29) is 16.9 Å². The average Bonchev–Trinajstić information content (AvgIpc) is 3.04. The Hall–Kier alpha value is -2.45. The number of nitrogens with zero attached hydrogens (tertiary/aromatic N) is 1. The molecule has 1 fully saturated rings. The van der Waals surface area contributed by atoms with Crippen molar-refractivity contribution in [3.05, 3.63) is 58.1 Å².